The molecule has 3 rings (SSSR count). The third kappa shape index (κ3) is 4.04. The van der Waals surface area contributed by atoms with E-state index in [0.29, 0.717) is 16.1 Å². The molecular formula is C20H26N4O5S. The Morgan fingerprint density at radius 3 is 2.53 bits per heavy atom. The van der Waals surface area contributed by atoms with E-state index in [4.69, 9.17) is 9.47 Å². The number of amides is 2. The fourth-order valence-electron chi connectivity index (χ4n) is 3.21. The molecule has 0 radical (unpaired) electrons. The number of nitrogens with zero attached hydrogens (tertiary/aromatic N) is 3. The van der Waals surface area contributed by atoms with E-state index < -0.39 is 23.3 Å². The molecule has 0 spiro atoms. The van der Waals surface area contributed by atoms with Gasteiger partial charge in [-0.2, -0.15) is 5.10 Å². The van der Waals surface area contributed by atoms with E-state index in [1.54, 1.807) is 45.2 Å². The monoisotopic (exact) mass is 434 g/mol. The summed E-state index contributed by atoms with van der Waals surface area (Å²) in [6.45, 7) is 11.0. The summed E-state index contributed by atoms with van der Waals surface area (Å²) in [5, 5.41) is 8.96. The minimum absolute atomic E-state index is 0.136. The molecule has 0 aliphatic carbocycles. The number of nitrogens with one attached hydrogen (secondary N) is 1. The lowest BCUT2D eigenvalue weighted by Gasteiger charge is -2.33. The second kappa shape index (κ2) is 7.75. The van der Waals surface area contributed by atoms with Crippen LogP contribution in [0.2, 0.25) is 0 Å². The van der Waals surface area contributed by atoms with E-state index in [9.17, 15) is 14.4 Å². The highest BCUT2D eigenvalue weighted by Crippen LogP contribution is 2.42. The minimum atomic E-state index is -0.849. The maximum atomic E-state index is 12.8. The van der Waals surface area contributed by atoms with Crippen LogP contribution in [0.3, 0.4) is 0 Å². The van der Waals surface area contributed by atoms with E-state index in [1.165, 1.54) is 16.2 Å². The van der Waals surface area contributed by atoms with Gasteiger partial charge in [-0.1, -0.05) is 6.07 Å². The molecule has 0 aromatic carbocycles. The van der Waals surface area contributed by atoms with Gasteiger partial charge in [0.25, 0.3) is 5.91 Å². The highest BCUT2D eigenvalue weighted by molar-refractivity contribution is 7.12. The molecule has 0 unspecified atom stereocenters. The standard InChI is InChI=1S/C20H26N4O5S/c1-7-28-18(27)24-15(21-16(25)13-9-8-10-30-13)12-11-23(17(26)29-19(2,3)4)20(5,6)14(12)22-24/h8-10H,7,11H2,1-6H3,(H,21,25). The van der Waals surface area contributed by atoms with Crippen LogP contribution in [0, 0.1) is 0 Å². The Balaban J connectivity index is 2.00. The molecule has 10 heteroatoms. The number of ether oxygens (including phenoxy) is 2. The molecule has 3 heterocycles. The van der Waals surface area contributed by atoms with Gasteiger partial charge < -0.3 is 14.8 Å². The first-order valence-electron chi connectivity index (χ1n) is 9.60. The van der Waals surface area contributed by atoms with Gasteiger partial charge in [0.2, 0.25) is 0 Å². The van der Waals surface area contributed by atoms with Crippen LogP contribution in [0.5, 0.6) is 0 Å². The SMILES string of the molecule is CCOC(=O)n1nc2c(c1NC(=O)c1cccs1)CN(C(=O)OC(C)(C)C)C2(C)C. The normalized spacial score (nSPS) is 14.9. The third-order valence-corrected chi connectivity index (χ3v) is 5.45. The van der Waals surface area contributed by atoms with Crippen molar-refractivity contribution in [2.24, 2.45) is 0 Å². The number of aromatic nitrogens is 2. The van der Waals surface area contributed by atoms with Gasteiger partial charge in [0.15, 0.2) is 0 Å². The molecule has 1 N–H and O–H groups in total. The van der Waals surface area contributed by atoms with Gasteiger partial charge in [-0.15, -0.1) is 16.0 Å². The summed E-state index contributed by atoms with van der Waals surface area (Å²) in [5.41, 5.74) is -0.432. The molecule has 0 saturated carbocycles. The van der Waals surface area contributed by atoms with Crippen LogP contribution in [0.1, 0.15) is 62.5 Å². The summed E-state index contributed by atoms with van der Waals surface area (Å²) < 4.78 is 11.7. The number of anilines is 1. The highest BCUT2D eigenvalue weighted by Gasteiger charge is 2.47. The number of hydrogen-bond acceptors (Lipinski definition) is 7. The topological polar surface area (TPSA) is 103 Å². The number of hydrogen-bond donors (Lipinski definition) is 1. The first-order valence-corrected chi connectivity index (χ1v) is 10.5. The van der Waals surface area contributed by atoms with Gasteiger partial charge in [-0.25, -0.2) is 9.59 Å². The van der Waals surface area contributed by atoms with Crippen molar-refractivity contribution < 1.29 is 23.9 Å². The molecule has 2 amide bonds. The predicted molar refractivity (Wildman–Crippen MR) is 112 cm³/mol. The summed E-state index contributed by atoms with van der Waals surface area (Å²) >= 11 is 1.28. The molecule has 162 valence electrons. The maximum Gasteiger partial charge on any atom is 0.436 e. The van der Waals surface area contributed by atoms with Gasteiger partial charge in [-0.3, -0.25) is 9.69 Å². The van der Waals surface area contributed by atoms with Crippen LogP contribution >= 0.6 is 11.3 Å². The van der Waals surface area contributed by atoms with Gasteiger partial charge >= 0.3 is 12.2 Å². The van der Waals surface area contributed by atoms with Crippen molar-refractivity contribution in [3.8, 4) is 0 Å². The maximum absolute atomic E-state index is 12.8. The van der Waals surface area contributed by atoms with E-state index in [1.807, 2.05) is 13.8 Å². The fraction of sp³-hybridized carbons (Fsp3) is 0.500. The molecule has 0 saturated heterocycles. The van der Waals surface area contributed by atoms with Crippen molar-refractivity contribution in [1.29, 1.82) is 0 Å². The Morgan fingerprint density at radius 1 is 1.27 bits per heavy atom. The van der Waals surface area contributed by atoms with Crippen LogP contribution in [0.4, 0.5) is 15.4 Å². The fourth-order valence-corrected chi connectivity index (χ4v) is 3.83. The zero-order valence-electron chi connectivity index (χ0n) is 17.9. The number of carbonyl (C=O) groups excluding carboxylic acids is 3. The van der Waals surface area contributed by atoms with E-state index in [2.05, 4.69) is 10.4 Å². The zero-order chi connectivity index (χ0) is 22.3. The Labute approximate surface area is 178 Å². The Hall–Kier alpha value is -2.88. The molecular weight excluding hydrogens is 408 g/mol. The van der Waals surface area contributed by atoms with E-state index >= 15 is 0 Å². The molecule has 0 fully saturated rings. The third-order valence-electron chi connectivity index (χ3n) is 4.59. The molecule has 0 atom stereocenters. The quantitative estimate of drug-likeness (QED) is 0.777. The lowest BCUT2D eigenvalue weighted by molar-refractivity contribution is 0.00442. The Bertz CT molecular complexity index is 972. The first kappa shape index (κ1) is 21.8. The average molecular weight is 435 g/mol. The lowest BCUT2D eigenvalue weighted by atomic mass is 10.0. The Kier molecular flexibility index (Phi) is 5.64. The minimum Gasteiger partial charge on any atom is -0.448 e. The number of rotatable bonds is 3. The highest BCUT2D eigenvalue weighted by atomic mass is 32.1. The van der Waals surface area contributed by atoms with Gasteiger partial charge in [0.05, 0.1) is 29.3 Å². The van der Waals surface area contributed by atoms with Crippen LogP contribution in [0.25, 0.3) is 0 Å². The first-order chi connectivity index (χ1) is 14.0. The summed E-state index contributed by atoms with van der Waals surface area (Å²) in [6.07, 6.45) is -1.20. The van der Waals surface area contributed by atoms with E-state index in [-0.39, 0.29) is 24.9 Å². The van der Waals surface area contributed by atoms with Crippen molar-refractivity contribution in [1.82, 2.24) is 14.7 Å². The van der Waals surface area contributed by atoms with Crippen molar-refractivity contribution in [2.45, 2.75) is 59.2 Å². The van der Waals surface area contributed by atoms with E-state index in [0.717, 1.165) is 4.68 Å². The van der Waals surface area contributed by atoms with Crippen molar-refractivity contribution in [3.05, 3.63) is 33.6 Å². The van der Waals surface area contributed by atoms with Crippen molar-refractivity contribution >= 4 is 35.2 Å². The summed E-state index contributed by atoms with van der Waals surface area (Å²) in [6, 6.07) is 3.45. The predicted octanol–water partition coefficient (Wildman–Crippen LogP) is 4.19. The smallest absolute Gasteiger partial charge is 0.436 e. The number of fused-ring (bicyclic) bond motifs is 1. The van der Waals surface area contributed by atoms with Crippen LogP contribution in [0.15, 0.2) is 17.5 Å². The average Bonchev–Trinajstić information content (AvgIpc) is 3.31. The van der Waals surface area contributed by atoms with Gasteiger partial charge in [0, 0.05) is 5.56 Å². The number of carbonyl (C=O) groups is 3. The molecule has 1 aliphatic heterocycles. The summed E-state index contributed by atoms with van der Waals surface area (Å²) in [7, 11) is 0. The van der Waals surface area contributed by atoms with Crippen molar-refractivity contribution in [2.75, 3.05) is 11.9 Å². The Morgan fingerprint density at radius 2 is 1.97 bits per heavy atom. The molecule has 9 nitrogen and oxygen atoms in total. The largest absolute Gasteiger partial charge is 0.448 e. The molecule has 30 heavy (non-hydrogen) atoms. The summed E-state index contributed by atoms with van der Waals surface area (Å²) in [4.78, 5) is 39.9. The van der Waals surface area contributed by atoms with Gasteiger partial charge in [0.1, 0.15) is 11.4 Å². The zero-order valence-corrected chi connectivity index (χ0v) is 18.8. The molecule has 2 aromatic heterocycles. The second-order valence-electron chi connectivity index (χ2n) is 8.34. The molecule has 1 aliphatic rings. The van der Waals surface area contributed by atoms with Crippen molar-refractivity contribution in [3.63, 3.8) is 0 Å². The van der Waals surface area contributed by atoms with Crippen LogP contribution in [-0.4, -0.2) is 45.0 Å². The summed E-state index contributed by atoms with van der Waals surface area (Å²) in [5.74, 6) is -0.173. The molecule has 2 aromatic rings. The second-order valence-corrected chi connectivity index (χ2v) is 9.29. The van der Waals surface area contributed by atoms with Crippen LogP contribution in [-0.2, 0) is 21.6 Å². The van der Waals surface area contributed by atoms with Gasteiger partial charge in [-0.05, 0) is 53.0 Å². The number of thiophene rings is 1. The van der Waals surface area contributed by atoms with Crippen LogP contribution < -0.4 is 5.32 Å². The molecule has 0 bridgehead atoms. The lowest BCUT2D eigenvalue weighted by Crippen LogP contribution is -2.44.